The van der Waals surface area contributed by atoms with E-state index in [1.54, 1.807) is 0 Å². The third-order valence-electron chi connectivity index (χ3n) is 11.4. The Bertz CT molecular complexity index is 1320. The lowest BCUT2D eigenvalue weighted by molar-refractivity contribution is -0.230. The SMILES string of the molecule is CCOC(C)OC1CCC(C)(OC(C)OCC)C(OC(=O)CN2CCOCC2)C=CC(C)C(C(C)=CC=CC(C)CC2OC2C(C)C(CC)OC(C)OCC)OC(=O)C1. The fraction of sp³-hybridized carbons (Fsp3) is 0.826. The second kappa shape index (κ2) is 26.3. The highest BCUT2D eigenvalue weighted by molar-refractivity contribution is 5.72. The van der Waals surface area contributed by atoms with Crippen LogP contribution in [0.25, 0.3) is 0 Å². The van der Waals surface area contributed by atoms with Gasteiger partial charge in [-0.15, -0.1) is 0 Å². The molecule has 0 aliphatic carbocycles. The zero-order chi connectivity index (χ0) is 43.5. The van der Waals surface area contributed by atoms with Crippen molar-refractivity contribution in [3.05, 3.63) is 36.0 Å². The lowest BCUT2D eigenvalue weighted by Crippen LogP contribution is -2.49. The largest absolute Gasteiger partial charge is 0.457 e. The molecule has 3 rings (SSSR count). The first-order chi connectivity index (χ1) is 28.1. The molecule has 13 nitrogen and oxygen atoms in total. The summed E-state index contributed by atoms with van der Waals surface area (Å²) >= 11 is 0. The van der Waals surface area contributed by atoms with E-state index >= 15 is 0 Å². The molecule has 3 aliphatic heterocycles. The van der Waals surface area contributed by atoms with E-state index < -0.39 is 36.5 Å². The summed E-state index contributed by atoms with van der Waals surface area (Å²) in [6.45, 7) is 27.9. The smallest absolute Gasteiger partial charge is 0.320 e. The van der Waals surface area contributed by atoms with E-state index in [0.29, 0.717) is 59.0 Å². The number of allylic oxidation sites excluding steroid dienone is 3. The minimum atomic E-state index is -1.03. The average molecular weight is 838 g/mol. The summed E-state index contributed by atoms with van der Waals surface area (Å²) in [5.41, 5.74) is -0.153. The molecule has 0 saturated carbocycles. The van der Waals surface area contributed by atoms with Crippen LogP contribution in [0.15, 0.2) is 36.0 Å². The van der Waals surface area contributed by atoms with Crippen LogP contribution in [-0.2, 0) is 57.0 Å². The van der Waals surface area contributed by atoms with E-state index in [1.165, 1.54) is 0 Å². The van der Waals surface area contributed by atoms with E-state index in [0.717, 1.165) is 18.4 Å². The van der Waals surface area contributed by atoms with Crippen molar-refractivity contribution in [3.63, 3.8) is 0 Å². The minimum absolute atomic E-state index is 0.0124. The van der Waals surface area contributed by atoms with Crippen LogP contribution in [0.1, 0.15) is 115 Å². The van der Waals surface area contributed by atoms with Gasteiger partial charge in [-0.25, -0.2) is 0 Å². The topological polar surface area (TPSA) is 133 Å². The molecule has 0 aromatic heterocycles. The molecule has 13 heteroatoms. The average Bonchev–Trinajstić information content (AvgIpc) is 3.95. The number of carbonyl (C=O) groups excluding carboxylic acids is 2. The van der Waals surface area contributed by atoms with E-state index in [2.05, 4.69) is 26.8 Å². The fourth-order valence-electron chi connectivity index (χ4n) is 8.05. The van der Waals surface area contributed by atoms with Crippen molar-refractivity contribution in [2.24, 2.45) is 17.8 Å². The standard InChI is InChI=1S/C46H79NO12/c1-13-39(55-36(10)52-15-3)34(8)45-40(56-45)28-31(5)18-17-19-32(6)44-33(7)20-21-41(57-43(49)30-47-24-26-50-27-25-47)46(12,59-37(11)53-16-4)23-22-38(29-42(48)58-44)54-35(9)51-14-2/h17-21,31,33-41,44-45H,13-16,22-30H2,1-12H3. The Morgan fingerprint density at radius 2 is 1.63 bits per heavy atom. The summed E-state index contributed by atoms with van der Waals surface area (Å²) in [6, 6.07) is 0. The molecule has 340 valence electrons. The van der Waals surface area contributed by atoms with Crippen molar-refractivity contribution in [3.8, 4) is 0 Å². The summed E-state index contributed by atoms with van der Waals surface area (Å²) in [6.07, 6.45) is 9.77. The van der Waals surface area contributed by atoms with Crippen molar-refractivity contribution < 1.29 is 57.0 Å². The normalized spacial score (nSPS) is 30.7. The quantitative estimate of drug-likeness (QED) is 0.0330. The maximum Gasteiger partial charge on any atom is 0.320 e. The number of rotatable bonds is 23. The van der Waals surface area contributed by atoms with E-state index in [9.17, 15) is 9.59 Å². The van der Waals surface area contributed by atoms with E-state index in [1.807, 2.05) is 91.5 Å². The number of esters is 2. The van der Waals surface area contributed by atoms with Gasteiger partial charge < -0.3 is 47.4 Å². The Kier molecular flexibility index (Phi) is 22.8. The molecule has 3 aliphatic rings. The van der Waals surface area contributed by atoms with E-state index in [-0.39, 0.29) is 67.3 Å². The highest BCUT2D eigenvalue weighted by atomic mass is 16.7. The molecule has 0 spiro atoms. The summed E-state index contributed by atoms with van der Waals surface area (Å²) < 4.78 is 60.4. The Morgan fingerprint density at radius 3 is 2.29 bits per heavy atom. The monoisotopic (exact) mass is 838 g/mol. The predicted octanol–water partition coefficient (Wildman–Crippen LogP) is 7.55. The van der Waals surface area contributed by atoms with Crippen LogP contribution in [0, 0.1) is 17.8 Å². The number of hydrogen-bond donors (Lipinski definition) is 0. The van der Waals surface area contributed by atoms with Crippen molar-refractivity contribution in [1.29, 1.82) is 0 Å². The Balaban J connectivity index is 1.85. The summed E-state index contributed by atoms with van der Waals surface area (Å²) in [5.74, 6) is -0.491. The van der Waals surface area contributed by atoms with Crippen molar-refractivity contribution >= 4 is 11.9 Å². The zero-order valence-electron chi connectivity index (χ0n) is 38.4. The molecule has 0 bridgehead atoms. The third-order valence-corrected chi connectivity index (χ3v) is 11.4. The fourth-order valence-corrected chi connectivity index (χ4v) is 8.05. The van der Waals surface area contributed by atoms with Gasteiger partial charge in [0.05, 0.1) is 50.6 Å². The molecule has 0 aromatic rings. The van der Waals surface area contributed by atoms with Gasteiger partial charge in [0.25, 0.3) is 0 Å². The van der Waals surface area contributed by atoms with Crippen LogP contribution in [0.4, 0.5) is 0 Å². The summed E-state index contributed by atoms with van der Waals surface area (Å²) in [5, 5.41) is 0. The number of ether oxygens (including phenoxy) is 10. The van der Waals surface area contributed by atoms with Crippen LogP contribution in [0.2, 0.25) is 0 Å². The van der Waals surface area contributed by atoms with Gasteiger partial charge in [-0.05, 0) is 98.6 Å². The molecule has 13 unspecified atom stereocenters. The summed E-state index contributed by atoms with van der Waals surface area (Å²) in [4.78, 5) is 29.3. The first-order valence-electron chi connectivity index (χ1n) is 22.3. The van der Waals surface area contributed by atoms with Crippen molar-refractivity contribution in [2.45, 2.75) is 176 Å². The molecule has 2 fully saturated rings. The maximum absolute atomic E-state index is 13.7. The first kappa shape index (κ1) is 51.2. The van der Waals surface area contributed by atoms with Crippen LogP contribution < -0.4 is 0 Å². The highest BCUT2D eigenvalue weighted by Gasteiger charge is 2.46. The van der Waals surface area contributed by atoms with Gasteiger partial charge in [0.2, 0.25) is 0 Å². The maximum atomic E-state index is 13.7. The number of hydrogen-bond acceptors (Lipinski definition) is 13. The molecule has 0 radical (unpaired) electrons. The molecule has 0 aromatic carbocycles. The molecular weight excluding hydrogens is 759 g/mol. The number of morpholine rings is 1. The van der Waals surface area contributed by atoms with E-state index in [4.69, 9.17) is 47.4 Å². The Morgan fingerprint density at radius 1 is 0.966 bits per heavy atom. The zero-order valence-corrected chi connectivity index (χ0v) is 38.4. The number of carbonyl (C=O) groups is 2. The second-order valence-electron chi connectivity index (χ2n) is 16.5. The number of nitrogens with zero attached hydrogens (tertiary/aromatic N) is 1. The van der Waals surface area contributed by atoms with Gasteiger partial charge >= 0.3 is 11.9 Å². The molecule has 59 heavy (non-hydrogen) atoms. The van der Waals surface area contributed by atoms with Gasteiger partial charge in [0.15, 0.2) is 18.9 Å². The molecule has 2 saturated heterocycles. The highest BCUT2D eigenvalue weighted by Crippen LogP contribution is 2.38. The van der Waals surface area contributed by atoms with Crippen molar-refractivity contribution in [1.82, 2.24) is 4.90 Å². The molecule has 0 amide bonds. The van der Waals surface area contributed by atoms with Crippen molar-refractivity contribution in [2.75, 3.05) is 52.7 Å². The van der Waals surface area contributed by atoms with Gasteiger partial charge in [-0.1, -0.05) is 52.0 Å². The van der Waals surface area contributed by atoms with Gasteiger partial charge in [0.1, 0.15) is 17.8 Å². The van der Waals surface area contributed by atoms with Crippen LogP contribution in [-0.4, -0.2) is 131 Å². The molecule has 13 atom stereocenters. The molecular formula is C46H79NO12. The first-order valence-corrected chi connectivity index (χ1v) is 22.3. The Labute approximate surface area is 355 Å². The molecule has 3 heterocycles. The minimum Gasteiger partial charge on any atom is -0.457 e. The van der Waals surface area contributed by atoms with Gasteiger partial charge in [-0.3, -0.25) is 14.5 Å². The van der Waals surface area contributed by atoms with Gasteiger partial charge in [0, 0.05) is 44.7 Å². The number of cyclic esters (lactones) is 1. The lowest BCUT2D eigenvalue weighted by Gasteiger charge is -2.39. The summed E-state index contributed by atoms with van der Waals surface area (Å²) in [7, 11) is 0. The van der Waals surface area contributed by atoms with Crippen LogP contribution >= 0.6 is 0 Å². The third kappa shape index (κ3) is 18.0. The number of epoxide rings is 1. The van der Waals surface area contributed by atoms with Gasteiger partial charge in [-0.2, -0.15) is 0 Å². The van der Waals surface area contributed by atoms with Crippen LogP contribution in [0.5, 0.6) is 0 Å². The molecule has 0 N–H and O–H groups in total. The van der Waals surface area contributed by atoms with Crippen LogP contribution in [0.3, 0.4) is 0 Å². The second-order valence-corrected chi connectivity index (χ2v) is 16.5. The lowest BCUT2D eigenvalue weighted by atomic mass is 9.88. The Hall–Kier alpha value is -2.20. The predicted molar refractivity (Wildman–Crippen MR) is 226 cm³/mol.